The zero-order chi connectivity index (χ0) is 24.9. The van der Waals surface area contributed by atoms with Crippen LogP contribution < -0.4 is 19.1 Å². The van der Waals surface area contributed by atoms with Crippen LogP contribution in [0.1, 0.15) is 24.1 Å². The number of rotatable bonds is 9. The molecule has 0 aliphatic rings. The molecule has 0 radical (unpaired) electrons. The van der Waals surface area contributed by atoms with Crippen LogP contribution in [0.3, 0.4) is 0 Å². The number of carbonyl (C=O) groups is 1. The number of nitrogens with zero attached hydrogens (tertiary/aromatic N) is 1. The molecule has 3 rings (SSSR count). The molecule has 0 saturated heterocycles. The van der Waals surface area contributed by atoms with E-state index in [1.54, 1.807) is 43.3 Å². The van der Waals surface area contributed by atoms with Crippen LogP contribution in [0.5, 0.6) is 11.5 Å². The van der Waals surface area contributed by atoms with Gasteiger partial charge in [-0.05, 0) is 55.8 Å². The number of nitrogens with one attached hydrogen (secondary N) is 1. The van der Waals surface area contributed by atoms with Gasteiger partial charge in [0.2, 0.25) is 5.91 Å². The lowest BCUT2D eigenvalue weighted by atomic mass is 10.1. The molecule has 0 fully saturated rings. The predicted molar refractivity (Wildman–Crippen MR) is 128 cm³/mol. The van der Waals surface area contributed by atoms with Crippen molar-refractivity contribution in [3.8, 4) is 11.5 Å². The molecule has 34 heavy (non-hydrogen) atoms. The summed E-state index contributed by atoms with van der Waals surface area (Å²) in [6, 6.07) is 16.4. The molecule has 7 nitrogen and oxygen atoms in total. The van der Waals surface area contributed by atoms with E-state index < -0.39 is 28.5 Å². The van der Waals surface area contributed by atoms with Crippen molar-refractivity contribution >= 4 is 21.6 Å². The van der Waals surface area contributed by atoms with Crippen LogP contribution in [-0.4, -0.2) is 35.1 Å². The van der Waals surface area contributed by atoms with E-state index in [2.05, 4.69) is 5.32 Å². The van der Waals surface area contributed by atoms with Crippen LogP contribution >= 0.6 is 0 Å². The number of anilines is 1. The van der Waals surface area contributed by atoms with Crippen molar-refractivity contribution in [1.82, 2.24) is 5.32 Å². The number of aryl methyl sites for hydroxylation is 1. The number of carbonyl (C=O) groups excluding carboxylic acids is 1. The lowest BCUT2D eigenvalue weighted by Gasteiger charge is -2.25. The van der Waals surface area contributed by atoms with E-state index >= 15 is 0 Å². The Morgan fingerprint density at radius 1 is 0.971 bits per heavy atom. The first kappa shape index (κ1) is 25.0. The Morgan fingerprint density at radius 2 is 1.59 bits per heavy atom. The summed E-state index contributed by atoms with van der Waals surface area (Å²) in [7, 11) is -1.27. The Kier molecular flexibility index (Phi) is 7.78. The van der Waals surface area contributed by atoms with Crippen molar-refractivity contribution in [2.75, 3.05) is 25.1 Å². The zero-order valence-corrected chi connectivity index (χ0v) is 20.2. The van der Waals surface area contributed by atoms with E-state index in [0.717, 1.165) is 9.87 Å². The topological polar surface area (TPSA) is 84.9 Å². The molecular formula is C25H27FN2O5S. The lowest BCUT2D eigenvalue weighted by molar-refractivity contribution is -0.120. The molecule has 1 amide bonds. The molecule has 0 saturated carbocycles. The summed E-state index contributed by atoms with van der Waals surface area (Å²) in [4.78, 5) is 12.9. The maximum Gasteiger partial charge on any atom is 0.264 e. The second-order valence-electron chi connectivity index (χ2n) is 7.70. The first-order chi connectivity index (χ1) is 16.1. The van der Waals surface area contributed by atoms with Gasteiger partial charge in [-0.3, -0.25) is 9.10 Å². The van der Waals surface area contributed by atoms with Gasteiger partial charge >= 0.3 is 0 Å². The number of sulfonamides is 1. The smallest absolute Gasteiger partial charge is 0.264 e. The van der Waals surface area contributed by atoms with Gasteiger partial charge in [0.15, 0.2) is 11.5 Å². The first-order valence-electron chi connectivity index (χ1n) is 10.5. The quantitative estimate of drug-likeness (QED) is 0.490. The summed E-state index contributed by atoms with van der Waals surface area (Å²) in [5.41, 5.74) is 1.98. The van der Waals surface area contributed by atoms with Crippen molar-refractivity contribution in [2.45, 2.75) is 24.8 Å². The van der Waals surface area contributed by atoms with Crippen molar-refractivity contribution < 1.29 is 27.1 Å². The summed E-state index contributed by atoms with van der Waals surface area (Å²) < 4.78 is 52.0. The molecule has 1 N–H and O–H groups in total. The maximum absolute atomic E-state index is 13.6. The molecule has 0 aliphatic heterocycles. The van der Waals surface area contributed by atoms with Gasteiger partial charge in [-0.15, -0.1) is 0 Å². The molecule has 0 aromatic heterocycles. The Bertz CT molecular complexity index is 1250. The number of hydrogen-bond acceptors (Lipinski definition) is 5. The van der Waals surface area contributed by atoms with Crippen LogP contribution in [0.25, 0.3) is 0 Å². The number of benzene rings is 3. The van der Waals surface area contributed by atoms with Crippen molar-refractivity contribution in [3.05, 3.63) is 83.7 Å². The number of halogens is 1. The highest BCUT2D eigenvalue weighted by molar-refractivity contribution is 7.92. The van der Waals surface area contributed by atoms with Gasteiger partial charge in [-0.2, -0.15) is 0 Å². The van der Waals surface area contributed by atoms with E-state index in [0.29, 0.717) is 17.0 Å². The van der Waals surface area contributed by atoms with Crippen molar-refractivity contribution in [3.63, 3.8) is 0 Å². The van der Waals surface area contributed by atoms with Crippen LogP contribution in [0.4, 0.5) is 10.1 Å². The summed E-state index contributed by atoms with van der Waals surface area (Å²) in [6.45, 7) is 3.17. The molecule has 1 atom stereocenters. The first-order valence-corrected chi connectivity index (χ1v) is 12.0. The second-order valence-corrected chi connectivity index (χ2v) is 9.57. The van der Waals surface area contributed by atoms with Gasteiger partial charge in [0.1, 0.15) is 12.4 Å². The normalized spacial score (nSPS) is 12.0. The number of ether oxygens (including phenoxy) is 2. The molecule has 0 heterocycles. The molecule has 0 bridgehead atoms. The Morgan fingerprint density at radius 3 is 2.18 bits per heavy atom. The second kappa shape index (κ2) is 10.6. The fraction of sp³-hybridized carbons (Fsp3) is 0.240. The Hall–Kier alpha value is -3.59. The highest BCUT2D eigenvalue weighted by atomic mass is 32.2. The molecule has 3 aromatic rings. The van der Waals surface area contributed by atoms with Gasteiger partial charge in [0.05, 0.1) is 30.8 Å². The zero-order valence-electron chi connectivity index (χ0n) is 19.4. The van der Waals surface area contributed by atoms with E-state index in [1.165, 1.54) is 44.6 Å². The van der Waals surface area contributed by atoms with E-state index in [4.69, 9.17) is 9.47 Å². The van der Waals surface area contributed by atoms with Gasteiger partial charge in [0, 0.05) is 6.07 Å². The lowest BCUT2D eigenvalue weighted by Crippen LogP contribution is -2.41. The summed E-state index contributed by atoms with van der Waals surface area (Å²) >= 11 is 0. The van der Waals surface area contributed by atoms with Gasteiger partial charge in [0.25, 0.3) is 10.0 Å². The van der Waals surface area contributed by atoms with Crippen LogP contribution in [0.2, 0.25) is 0 Å². The van der Waals surface area contributed by atoms with Crippen LogP contribution in [-0.2, 0) is 14.8 Å². The largest absolute Gasteiger partial charge is 0.493 e. The van der Waals surface area contributed by atoms with Crippen molar-refractivity contribution in [2.24, 2.45) is 0 Å². The molecule has 9 heteroatoms. The predicted octanol–water partition coefficient (Wildman–Crippen LogP) is 4.22. The van der Waals surface area contributed by atoms with Crippen molar-refractivity contribution in [1.29, 1.82) is 0 Å². The standard InChI is InChI=1S/C25H27FN2O5S/c1-17-5-11-21(12-6-17)28(16-25(29)27-18(2)19-7-9-20(26)10-8-19)34(30,31)22-13-14-23(32-3)24(15-22)33-4/h5-15,18H,16H2,1-4H3,(H,27,29). The van der Waals surface area contributed by atoms with E-state index in [1.807, 2.05) is 6.92 Å². The van der Waals surface area contributed by atoms with Gasteiger partial charge < -0.3 is 14.8 Å². The van der Waals surface area contributed by atoms with E-state index in [9.17, 15) is 17.6 Å². The molecular weight excluding hydrogens is 459 g/mol. The summed E-state index contributed by atoms with van der Waals surface area (Å²) in [6.07, 6.45) is 0. The summed E-state index contributed by atoms with van der Waals surface area (Å²) in [5, 5.41) is 2.78. The average Bonchev–Trinajstić information content (AvgIpc) is 2.83. The van der Waals surface area contributed by atoms with Crippen LogP contribution in [0.15, 0.2) is 71.6 Å². The highest BCUT2D eigenvalue weighted by Crippen LogP contribution is 2.32. The van der Waals surface area contributed by atoms with E-state index in [-0.39, 0.29) is 16.5 Å². The Balaban J connectivity index is 1.93. The number of amides is 1. The number of methoxy groups -OCH3 is 2. The highest BCUT2D eigenvalue weighted by Gasteiger charge is 2.29. The minimum absolute atomic E-state index is 0.0508. The fourth-order valence-electron chi connectivity index (χ4n) is 3.38. The van der Waals surface area contributed by atoms with Crippen LogP contribution in [0, 0.1) is 12.7 Å². The fourth-order valence-corrected chi connectivity index (χ4v) is 4.82. The third kappa shape index (κ3) is 5.66. The monoisotopic (exact) mass is 486 g/mol. The Labute approximate surface area is 199 Å². The minimum atomic E-state index is -4.14. The third-order valence-electron chi connectivity index (χ3n) is 5.30. The molecule has 0 aliphatic carbocycles. The molecule has 1 unspecified atom stereocenters. The SMILES string of the molecule is COc1ccc(S(=O)(=O)N(CC(=O)NC(C)c2ccc(F)cc2)c2ccc(C)cc2)cc1OC. The summed E-state index contributed by atoms with van der Waals surface area (Å²) in [5.74, 6) is -0.258. The molecule has 180 valence electrons. The number of hydrogen-bond donors (Lipinski definition) is 1. The minimum Gasteiger partial charge on any atom is -0.493 e. The molecule has 0 spiro atoms. The molecule has 3 aromatic carbocycles. The maximum atomic E-state index is 13.6. The van der Waals surface area contributed by atoms with Gasteiger partial charge in [-0.25, -0.2) is 12.8 Å². The average molecular weight is 487 g/mol. The third-order valence-corrected chi connectivity index (χ3v) is 7.07. The van der Waals surface area contributed by atoms with Gasteiger partial charge in [-0.1, -0.05) is 29.8 Å².